The van der Waals surface area contributed by atoms with Gasteiger partial charge in [-0.1, -0.05) is 30.3 Å². The molecule has 1 saturated heterocycles. The van der Waals surface area contributed by atoms with E-state index < -0.39 is 23.9 Å². The van der Waals surface area contributed by atoms with E-state index >= 15 is 4.39 Å². The molecule has 0 aliphatic carbocycles. The molecule has 2 aromatic heterocycles. The van der Waals surface area contributed by atoms with Gasteiger partial charge in [0.2, 0.25) is 0 Å². The van der Waals surface area contributed by atoms with Crippen LogP contribution in [-0.4, -0.2) is 51.1 Å². The number of aliphatic hydroxyl groups excluding tert-OH is 1. The van der Waals surface area contributed by atoms with Crippen LogP contribution in [0.5, 0.6) is 0 Å². The molecule has 0 spiro atoms. The van der Waals surface area contributed by atoms with Crippen molar-refractivity contribution in [2.45, 2.75) is 25.0 Å². The molecule has 1 fully saturated rings. The summed E-state index contributed by atoms with van der Waals surface area (Å²) in [5.41, 5.74) is 3.47. The van der Waals surface area contributed by atoms with Crippen LogP contribution >= 0.6 is 0 Å². The van der Waals surface area contributed by atoms with Gasteiger partial charge in [0.25, 0.3) is 5.91 Å². The molecule has 7 nitrogen and oxygen atoms in total. The van der Waals surface area contributed by atoms with Gasteiger partial charge in [-0.2, -0.15) is 5.10 Å². The summed E-state index contributed by atoms with van der Waals surface area (Å²) < 4.78 is 22.3. The molecule has 1 amide bonds. The zero-order valence-corrected chi connectivity index (χ0v) is 18.7. The number of aliphatic hydroxyl groups is 1. The van der Waals surface area contributed by atoms with E-state index in [0.29, 0.717) is 24.8 Å². The standard InChI is InChI=1S/C26H25FN4O3/c1-31-14-18(13-29-31)22-7-6-16(12-28-22)10-17-11-21(25(27)20-5-3-2-4-19(17)20)26(33)30-23-8-9-34-15-24(23)32/h2-7,11-14,23-24,32H,8-10,15H2,1H3,(H,30,33). The van der Waals surface area contributed by atoms with Crippen LogP contribution in [0, 0.1) is 5.82 Å². The first-order valence-electron chi connectivity index (χ1n) is 11.2. The number of ether oxygens (including phenoxy) is 1. The number of nitrogens with zero attached hydrogens (tertiary/aromatic N) is 3. The van der Waals surface area contributed by atoms with Gasteiger partial charge in [0, 0.05) is 37.0 Å². The van der Waals surface area contributed by atoms with E-state index in [9.17, 15) is 9.90 Å². The maximum atomic E-state index is 15.4. The van der Waals surface area contributed by atoms with Crippen molar-refractivity contribution < 1.29 is 19.0 Å². The minimum Gasteiger partial charge on any atom is -0.389 e. The van der Waals surface area contributed by atoms with Crippen LogP contribution in [0.3, 0.4) is 0 Å². The number of carbonyl (C=O) groups is 1. The quantitative estimate of drug-likeness (QED) is 0.477. The Morgan fingerprint density at radius 3 is 2.76 bits per heavy atom. The molecule has 174 valence electrons. The molecule has 1 aliphatic heterocycles. The number of fused-ring (bicyclic) bond motifs is 1. The maximum absolute atomic E-state index is 15.4. The van der Waals surface area contributed by atoms with Crippen molar-refractivity contribution in [1.82, 2.24) is 20.1 Å². The molecule has 0 saturated carbocycles. The smallest absolute Gasteiger partial charge is 0.254 e. The number of amides is 1. The second-order valence-electron chi connectivity index (χ2n) is 8.58. The van der Waals surface area contributed by atoms with Gasteiger partial charge in [-0.15, -0.1) is 0 Å². The fraction of sp³-hybridized carbons (Fsp3) is 0.269. The van der Waals surface area contributed by atoms with Crippen LogP contribution in [0.15, 0.2) is 61.1 Å². The van der Waals surface area contributed by atoms with Gasteiger partial charge >= 0.3 is 0 Å². The average molecular weight is 461 g/mol. The number of carbonyl (C=O) groups excluding carboxylic acids is 1. The highest BCUT2D eigenvalue weighted by molar-refractivity contribution is 6.00. The molecule has 8 heteroatoms. The molecule has 2 aromatic carbocycles. The fourth-order valence-electron chi connectivity index (χ4n) is 4.34. The first-order valence-corrected chi connectivity index (χ1v) is 11.2. The minimum absolute atomic E-state index is 0.0349. The number of rotatable bonds is 5. The third-order valence-corrected chi connectivity index (χ3v) is 6.17. The lowest BCUT2D eigenvalue weighted by Crippen LogP contribution is -2.48. The largest absolute Gasteiger partial charge is 0.389 e. The maximum Gasteiger partial charge on any atom is 0.254 e. The fourth-order valence-corrected chi connectivity index (χ4v) is 4.34. The molecule has 2 atom stereocenters. The molecule has 2 unspecified atom stereocenters. The predicted molar refractivity (Wildman–Crippen MR) is 126 cm³/mol. The Hall–Kier alpha value is -3.62. The van der Waals surface area contributed by atoms with E-state index in [1.54, 1.807) is 35.3 Å². The van der Waals surface area contributed by atoms with Crippen LogP contribution in [0.4, 0.5) is 4.39 Å². The van der Waals surface area contributed by atoms with Crippen molar-refractivity contribution in [3.8, 4) is 11.3 Å². The second-order valence-corrected chi connectivity index (χ2v) is 8.58. The lowest BCUT2D eigenvalue weighted by atomic mass is 9.95. The summed E-state index contributed by atoms with van der Waals surface area (Å²) in [5, 5.41) is 18.2. The molecule has 34 heavy (non-hydrogen) atoms. The molecular weight excluding hydrogens is 435 g/mol. The molecule has 0 radical (unpaired) electrons. The van der Waals surface area contributed by atoms with Crippen LogP contribution in [0.2, 0.25) is 0 Å². The van der Waals surface area contributed by atoms with E-state index in [2.05, 4.69) is 15.4 Å². The normalized spacial score (nSPS) is 18.2. The summed E-state index contributed by atoms with van der Waals surface area (Å²) in [5.74, 6) is -1.11. The van der Waals surface area contributed by atoms with Crippen molar-refractivity contribution in [1.29, 1.82) is 0 Å². The van der Waals surface area contributed by atoms with E-state index in [-0.39, 0.29) is 12.2 Å². The zero-order chi connectivity index (χ0) is 23.7. The Morgan fingerprint density at radius 2 is 2.06 bits per heavy atom. The van der Waals surface area contributed by atoms with E-state index in [1.807, 2.05) is 37.5 Å². The van der Waals surface area contributed by atoms with Crippen LogP contribution in [0.1, 0.15) is 27.9 Å². The molecular formula is C26H25FN4O3. The average Bonchev–Trinajstić information content (AvgIpc) is 3.29. The number of nitrogens with one attached hydrogen (secondary N) is 1. The number of aromatic nitrogens is 3. The molecule has 4 aromatic rings. The Morgan fingerprint density at radius 1 is 1.24 bits per heavy atom. The summed E-state index contributed by atoms with van der Waals surface area (Å²) in [6.07, 6.45) is 5.60. The van der Waals surface area contributed by atoms with Gasteiger partial charge < -0.3 is 15.2 Å². The Balaban J connectivity index is 1.46. The van der Waals surface area contributed by atoms with Crippen molar-refractivity contribution in [2.24, 2.45) is 7.05 Å². The molecule has 0 bridgehead atoms. The predicted octanol–water partition coefficient (Wildman–Crippen LogP) is 3.24. The summed E-state index contributed by atoms with van der Waals surface area (Å²) in [4.78, 5) is 17.6. The van der Waals surface area contributed by atoms with Gasteiger partial charge in [-0.25, -0.2) is 4.39 Å². The van der Waals surface area contributed by atoms with Crippen molar-refractivity contribution in [2.75, 3.05) is 13.2 Å². The highest BCUT2D eigenvalue weighted by Gasteiger charge is 2.27. The Labute approximate surface area is 196 Å². The van der Waals surface area contributed by atoms with Crippen LogP contribution in [0.25, 0.3) is 22.0 Å². The SMILES string of the molecule is Cn1cc(-c2ccc(Cc3cc(C(=O)NC4CCOCC4O)c(F)c4ccccc34)cn2)cn1. The second kappa shape index (κ2) is 9.32. The van der Waals surface area contributed by atoms with Gasteiger partial charge in [0.1, 0.15) is 5.82 Å². The van der Waals surface area contributed by atoms with Gasteiger partial charge in [-0.3, -0.25) is 14.5 Å². The number of hydrogen-bond donors (Lipinski definition) is 2. The summed E-state index contributed by atoms with van der Waals surface area (Å²) in [6.45, 7) is 0.591. The van der Waals surface area contributed by atoms with Crippen molar-refractivity contribution >= 4 is 16.7 Å². The number of pyridine rings is 1. The first-order chi connectivity index (χ1) is 16.5. The van der Waals surface area contributed by atoms with Gasteiger partial charge in [-0.05, 0) is 41.5 Å². The van der Waals surface area contributed by atoms with Crippen molar-refractivity contribution in [3.63, 3.8) is 0 Å². The highest BCUT2D eigenvalue weighted by Crippen LogP contribution is 2.28. The third-order valence-electron chi connectivity index (χ3n) is 6.17. The molecule has 3 heterocycles. The van der Waals surface area contributed by atoms with Gasteiger partial charge in [0.05, 0.1) is 36.2 Å². The number of benzene rings is 2. The Kier molecular flexibility index (Phi) is 6.08. The summed E-state index contributed by atoms with van der Waals surface area (Å²) in [6, 6.07) is 12.2. The van der Waals surface area contributed by atoms with Crippen LogP contribution in [-0.2, 0) is 18.2 Å². The molecule has 5 rings (SSSR count). The number of hydrogen-bond acceptors (Lipinski definition) is 5. The minimum atomic E-state index is -0.815. The zero-order valence-electron chi connectivity index (χ0n) is 18.7. The lowest BCUT2D eigenvalue weighted by molar-refractivity contribution is -0.0261. The van der Waals surface area contributed by atoms with E-state index in [0.717, 1.165) is 27.8 Å². The molecule has 1 aliphatic rings. The highest BCUT2D eigenvalue weighted by atomic mass is 19.1. The Bertz CT molecular complexity index is 1340. The number of aryl methyl sites for hydroxylation is 1. The van der Waals surface area contributed by atoms with Gasteiger partial charge in [0.15, 0.2) is 0 Å². The topological polar surface area (TPSA) is 89.3 Å². The lowest BCUT2D eigenvalue weighted by Gasteiger charge is -2.28. The first kappa shape index (κ1) is 22.2. The third kappa shape index (κ3) is 4.42. The van der Waals surface area contributed by atoms with Crippen molar-refractivity contribution in [3.05, 3.63) is 83.6 Å². The number of halogens is 1. The molecule has 2 N–H and O–H groups in total. The summed E-state index contributed by atoms with van der Waals surface area (Å²) in [7, 11) is 1.86. The van der Waals surface area contributed by atoms with Crippen LogP contribution < -0.4 is 5.32 Å². The van der Waals surface area contributed by atoms with E-state index in [1.165, 1.54) is 0 Å². The monoisotopic (exact) mass is 460 g/mol. The summed E-state index contributed by atoms with van der Waals surface area (Å²) >= 11 is 0. The van der Waals surface area contributed by atoms with E-state index in [4.69, 9.17) is 4.74 Å².